The van der Waals surface area contributed by atoms with Crippen molar-refractivity contribution < 1.29 is 0 Å². The molecule has 0 bridgehead atoms. The van der Waals surface area contributed by atoms with Crippen LogP contribution in [0.15, 0.2) is 85.2 Å². The van der Waals surface area contributed by atoms with E-state index in [1.807, 2.05) is 28.9 Å². The molecule has 4 heterocycles. The van der Waals surface area contributed by atoms with E-state index in [1.54, 1.807) is 0 Å². The van der Waals surface area contributed by atoms with Crippen LogP contribution in [0.3, 0.4) is 0 Å². The van der Waals surface area contributed by atoms with Gasteiger partial charge in [0.1, 0.15) is 5.65 Å². The van der Waals surface area contributed by atoms with Crippen LogP contribution in [0.5, 0.6) is 0 Å². The van der Waals surface area contributed by atoms with E-state index in [0.29, 0.717) is 0 Å². The molecule has 0 fully saturated rings. The van der Waals surface area contributed by atoms with Gasteiger partial charge in [0.05, 0.1) is 5.52 Å². The van der Waals surface area contributed by atoms with Crippen LogP contribution in [0.4, 0.5) is 0 Å². The minimum absolute atomic E-state index is 1.02. The monoisotopic (exact) mass is 430 g/mol. The Balaban J connectivity index is 1.67. The minimum atomic E-state index is 1.02. The van der Waals surface area contributed by atoms with Gasteiger partial charge >= 0.3 is 0 Å². The summed E-state index contributed by atoms with van der Waals surface area (Å²) >= 11 is 3.79. The van der Waals surface area contributed by atoms with Crippen LogP contribution in [-0.4, -0.2) is 9.38 Å². The number of pyridine rings is 1. The zero-order chi connectivity index (χ0) is 20.1. The zero-order valence-electron chi connectivity index (χ0n) is 16.3. The predicted molar refractivity (Wildman–Crippen MR) is 136 cm³/mol. The van der Waals surface area contributed by atoms with Crippen molar-refractivity contribution in [1.29, 1.82) is 0 Å². The topological polar surface area (TPSA) is 17.3 Å². The number of fused-ring (bicyclic) bond motifs is 13. The predicted octanol–water partition coefficient (Wildman–Crippen LogP) is 8.38. The summed E-state index contributed by atoms with van der Waals surface area (Å²) in [5.41, 5.74) is 2.24. The number of imidazole rings is 1. The Morgan fingerprint density at radius 1 is 0.581 bits per heavy atom. The van der Waals surface area contributed by atoms with E-state index in [0.717, 1.165) is 5.65 Å². The first-order chi connectivity index (χ1) is 15.4. The molecule has 0 aliphatic carbocycles. The van der Waals surface area contributed by atoms with E-state index in [-0.39, 0.29) is 0 Å². The number of nitrogens with zero attached hydrogens (tertiary/aromatic N) is 2. The summed E-state index contributed by atoms with van der Waals surface area (Å²) in [4.78, 5) is 4.68. The van der Waals surface area contributed by atoms with Crippen molar-refractivity contribution in [2.75, 3.05) is 0 Å². The quantitative estimate of drug-likeness (QED) is 0.221. The molecule has 0 amide bonds. The molecule has 2 nitrogen and oxygen atoms in total. The van der Waals surface area contributed by atoms with Crippen molar-refractivity contribution >= 4 is 90.3 Å². The molecule has 0 aliphatic heterocycles. The van der Waals surface area contributed by atoms with Crippen LogP contribution in [-0.2, 0) is 0 Å². The first-order valence-electron chi connectivity index (χ1n) is 10.3. The molecule has 0 N–H and O–H groups in total. The fraction of sp³-hybridized carbons (Fsp3) is 0. The van der Waals surface area contributed by atoms with Crippen molar-refractivity contribution in [2.24, 2.45) is 0 Å². The molecule has 4 aromatic heterocycles. The van der Waals surface area contributed by atoms with Crippen LogP contribution in [0.1, 0.15) is 0 Å². The Morgan fingerprint density at radius 3 is 2.16 bits per heavy atom. The third-order valence-corrected chi connectivity index (χ3v) is 8.70. The highest BCUT2D eigenvalue weighted by atomic mass is 32.1. The van der Waals surface area contributed by atoms with Crippen molar-refractivity contribution in [3.05, 3.63) is 85.2 Å². The van der Waals surface area contributed by atoms with Crippen molar-refractivity contribution in [2.45, 2.75) is 0 Å². The Labute approximate surface area is 184 Å². The standard InChI is InChI=1S/C27H14N2S2/c1-2-6-16-15(5-1)18-14-24-19(13-20(18)29-12-11-28-27(16)29)26-23(31-24)10-9-22-25(26)17-7-3-4-8-21(17)30-22/h1-14H. The van der Waals surface area contributed by atoms with Crippen LogP contribution >= 0.6 is 22.7 Å². The molecule has 0 unspecified atom stereocenters. The van der Waals surface area contributed by atoms with Gasteiger partial charge in [0.15, 0.2) is 0 Å². The lowest BCUT2D eigenvalue weighted by atomic mass is 10.0. The number of aromatic nitrogens is 2. The summed E-state index contributed by atoms with van der Waals surface area (Å²) in [6.07, 6.45) is 3.99. The third kappa shape index (κ3) is 1.99. The summed E-state index contributed by atoms with van der Waals surface area (Å²) in [6, 6.07) is 26.8. The number of benzene rings is 4. The van der Waals surface area contributed by atoms with E-state index in [9.17, 15) is 0 Å². The fourth-order valence-corrected chi connectivity index (χ4v) is 7.39. The minimum Gasteiger partial charge on any atom is -0.299 e. The maximum absolute atomic E-state index is 4.68. The first kappa shape index (κ1) is 16.3. The number of rotatable bonds is 0. The average molecular weight is 431 g/mol. The molecule has 0 saturated heterocycles. The number of thiophene rings is 2. The molecule has 0 aliphatic rings. The molecule has 8 rings (SSSR count). The Kier molecular flexibility index (Phi) is 2.94. The molecule has 0 saturated carbocycles. The second-order valence-corrected chi connectivity index (χ2v) is 10.2. The number of hydrogen-bond donors (Lipinski definition) is 0. The van der Waals surface area contributed by atoms with Crippen molar-refractivity contribution in [1.82, 2.24) is 9.38 Å². The highest BCUT2D eigenvalue weighted by molar-refractivity contribution is 7.28. The molecular formula is C27H14N2S2. The van der Waals surface area contributed by atoms with E-state index in [4.69, 9.17) is 0 Å². The van der Waals surface area contributed by atoms with Crippen molar-refractivity contribution in [3.8, 4) is 0 Å². The number of hydrogen-bond acceptors (Lipinski definition) is 3. The van der Waals surface area contributed by atoms with Gasteiger partial charge in [-0.25, -0.2) is 4.98 Å². The molecule has 31 heavy (non-hydrogen) atoms. The van der Waals surface area contributed by atoms with Gasteiger partial charge in [0.25, 0.3) is 0 Å². The lowest BCUT2D eigenvalue weighted by molar-refractivity contribution is 1.28. The van der Waals surface area contributed by atoms with Gasteiger partial charge in [0.2, 0.25) is 0 Å². The van der Waals surface area contributed by atoms with E-state index < -0.39 is 0 Å². The summed E-state index contributed by atoms with van der Waals surface area (Å²) in [7, 11) is 0. The first-order valence-corrected chi connectivity index (χ1v) is 11.9. The van der Waals surface area contributed by atoms with Gasteiger partial charge in [-0.1, -0.05) is 42.5 Å². The van der Waals surface area contributed by atoms with Crippen LogP contribution < -0.4 is 0 Å². The van der Waals surface area contributed by atoms with E-state index in [1.165, 1.54) is 62.0 Å². The summed E-state index contributed by atoms with van der Waals surface area (Å²) in [6.45, 7) is 0. The van der Waals surface area contributed by atoms with Crippen LogP contribution in [0.25, 0.3) is 67.7 Å². The molecule has 0 spiro atoms. The SMILES string of the molecule is c1ccc2c(c1)sc1ccc3sc4cc5c6ccccc6c6nccn6c5cc4c3c12. The largest absolute Gasteiger partial charge is 0.299 e. The molecule has 0 radical (unpaired) electrons. The highest BCUT2D eigenvalue weighted by Gasteiger charge is 2.16. The molecule has 0 atom stereocenters. The van der Waals surface area contributed by atoms with Gasteiger partial charge in [-0.15, -0.1) is 22.7 Å². The molecule has 8 aromatic rings. The van der Waals surface area contributed by atoms with Gasteiger partial charge in [-0.05, 0) is 35.7 Å². The maximum Gasteiger partial charge on any atom is 0.145 e. The van der Waals surface area contributed by atoms with Gasteiger partial charge in [-0.3, -0.25) is 4.40 Å². The molecule has 4 aromatic carbocycles. The van der Waals surface area contributed by atoms with Gasteiger partial charge in [0, 0.05) is 63.5 Å². The normalized spacial score (nSPS) is 12.5. The fourth-order valence-electron chi connectivity index (χ4n) is 5.14. The summed E-state index contributed by atoms with van der Waals surface area (Å²) in [5.74, 6) is 0. The van der Waals surface area contributed by atoms with Crippen LogP contribution in [0, 0.1) is 0 Å². The van der Waals surface area contributed by atoms with Gasteiger partial charge in [-0.2, -0.15) is 0 Å². The second kappa shape index (κ2) is 5.61. The zero-order valence-corrected chi connectivity index (χ0v) is 17.9. The van der Waals surface area contributed by atoms with E-state index >= 15 is 0 Å². The van der Waals surface area contributed by atoms with Crippen LogP contribution in [0.2, 0.25) is 0 Å². The third-order valence-electron chi connectivity index (χ3n) is 6.45. The second-order valence-electron chi connectivity index (χ2n) is 8.04. The highest BCUT2D eigenvalue weighted by Crippen LogP contribution is 2.45. The van der Waals surface area contributed by atoms with E-state index in [2.05, 4.69) is 88.4 Å². The Bertz CT molecular complexity index is 2000. The Hall–Kier alpha value is -3.47. The Morgan fingerprint density at radius 2 is 1.29 bits per heavy atom. The lowest BCUT2D eigenvalue weighted by Crippen LogP contribution is -1.90. The molecule has 4 heteroatoms. The smallest absolute Gasteiger partial charge is 0.145 e. The van der Waals surface area contributed by atoms with Gasteiger partial charge < -0.3 is 0 Å². The van der Waals surface area contributed by atoms with Crippen molar-refractivity contribution in [3.63, 3.8) is 0 Å². The maximum atomic E-state index is 4.68. The molecular weight excluding hydrogens is 416 g/mol. The lowest BCUT2D eigenvalue weighted by Gasteiger charge is -2.08. The summed E-state index contributed by atoms with van der Waals surface area (Å²) in [5, 5.41) is 9.23. The average Bonchev–Trinajstić information content (AvgIpc) is 3.52. The summed E-state index contributed by atoms with van der Waals surface area (Å²) < 4.78 is 7.65. The molecule has 144 valence electrons.